The number of H-pyrrole nitrogens is 1. The third-order valence-electron chi connectivity index (χ3n) is 4.94. The van der Waals surface area contributed by atoms with Gasteiger partial charge in [-0.15, -0.1) is 0 Å². The molecule has 4 heteroatoms. The van der Waals surface area contributed by atoms with E-state index in [9.17, 15) is 0 Å². The van der Waals surface area contributed by atoms with Gasteiger partial charge < -0.3 is 5.32 Å². The van der Waals surface area contributed by atoms with Crippen LogP contribution in [0.25, 0.3) is 11.3 Å². The summed E-state index contributed by atoms with van der Waals surface area (Å²) in [5.74, 6) is 0. The van der Waals surface area contributed by atoms with Gasteiger partial charge in [0.25, 0.3) is 0 Å². The molecule has 3 heterocycles. The molecule has 1 aromatic heterocycles. The summed E-state index contributed by atoms with van der Waals surface area (Å²) in [6, 6.07) is 11.9. The first-order valence-electron chi connectivity index (χ1n) is 7.97. The van der Waals surface area contributed by atoms with Crippen molar-refractivity contribution in [1.82, 2.24) is 20.4 Å². The van der Waals surface area contributed by atoms with E-state index < -0.39 is 0 Å². The number of fused-ring (bicyclic) bond motifs is 1. The highest BCUT2D eigenvalue weighted by atomic mass is 15.2. The van der Waals surface area contributed by atoms with Crippen LogP contribution in [0.15, 0.2) is 36.5 Å². The Kier molecular flexibility index (Phi) is 3.49. The second-order valence-electron chi connectivity index (χ2n) is 6.16. The Labute approximate surface area is 125 Å². The Hall–Kier alpha value is -1.65. The van der Waals surface area contributed by atoms with Crippen LogP contribution >= 0.6 is 0 Å². The van der Waals surface area contributed by atoms with Crippen molar-refractivity contribution < 1.29 is 0 Å². The quantitative estimate of drug-likeness (QED) is 0.905. The maximum Gasteiger partial charge on any atom is 0.0695 e. The fourth-order valence-corrected chi connectivity index (χ4v) is 3.86. The number of aromatic nitrogens is 2. The molecule has 0 bridgehead atoms. The second kappa shape index (κ2) is 5.62. The summed E-state index contributed by atoms with van der Waals surface area (Å²) < 4.78 is 0. The number of rotatable bonds is 4. The van der Waals surface area contributed by atoms with Crippen molar-refractivity contribution in [2.45, 2.75) is 37.9 Å². The van der Waals surface area contributed by atoms with E-state index in [0.29, 0.717) is 6.04 Å². The van der Waals surface area contributed by atoms with Crippen LogP contribution in [0, 0.1) is 0 Å². The highest BCUT2D eigenvalue weighted by Gasteiger charge is 2.36. The van der Waals surface area contributed by atoms with Crippen LogP contribution in [0.2, 0.25) is 0 Å². The average Bonchev–Trinajstić information content (AvgIpc) is 3.23. The monoisotopic (exact) mass is 282 g/mol. The molecule has 0 spiro atoms. The lowest BCUT2D eigenvalue weighted by atomic mass is 10.1. The summed E-state index contributed by atoms with van der Waals surface area (Å²) in [4.78, 5) is 2.64. The minimum absolute atomic E-state index is 0.644. The van der Waals surface area contributed by atoms with Gasteiger partial charge in [0.05, 0.1) is 11.9 Å². The topological polar surface area (TPSA) is 44.0 Å². The predicted octanol–water partition coefficient (Wildman–Crippen LogP) is 2.40. The minimum atomic E-state index is 0.644. The molecule has 2 unspecified atom stereocenters. The molecule has 110 valence electrons. The Balaban J connectivity index is 1.45. The van der Waals surface area contributed by atoms with Crippen LogP contribution in [0.5, 0.6) is 0 Å². The number of hydrogen-bond acceptors (Lipinski definition) is 3. The van der Waals surface area contributed by atoms with Crippen LogP contribution in [0.3, 0.4) is 0 Å². The van der Waals surface area contributed by atoms with E-state index in [4.69, 9.17) is 0 Å². The predicted molar refractivity (Wildman–Crippen MR) is 83.9 cm³/mol. The maximum absolute atomic E-state index is 4.23. The van der Waals surface area contributed by atoms with Crippen molar-refractivity contribution in [3.05, 3.63) is 42.1 Å². The van der Waals surface area contributed by atoms with Gasteiger partial charge in [-0.1, -0.05) is 30.3 Å². The summed E-state index contributed by atoms with van der Waals surface area (Å²) in [7, 11) is 0. The van der Waals surface area contributed by atoms with Crippen LogP contribution in [-0.2, 0) is 6.54 Å². The Morgan fingerprint density at radius 1 is 1.19 bits per heavy atom. The van der Waals surface area contributed by atoms with Crippen LogP contribution < -0.4 is 5.32 Å². The molecule has 2 aliphatic rings. The molecule has 2 atom stereocenters. The normalized spacial score (nSPS) is 25.3. The van der Waals surface area contributed by atoms with Crippen molar-refractivity contribution in [3.8, 4) is 11.3 Å². The number of aromatic amines is 1. The summed E-state index contributed by atoms with van der Waals surface area (Å²) in [6.45, 7) is 3.46. The van der Waals surface area contributed by atoms with Crippen molar-refractivity contribution >= 4 is 0 Å². The molecule has 2 fully saturated rings. The molecule has 0 saturated carbocycles. The van der Waals surface area contributed by atoms with Crippen molar-refractivity contribution in [2.75, 3.05) is 13.1 Å². The fraction of sp³-hybridized carbons (Fsp3) is 0.471. The SMILES string of the molecule is c1ccc(-c2[nH]ncc2CNC2CCN3CCCC23)cc1. The molecule has 2 saturated heterocycles. The largest absolute Gasteiger partial charge is 0.308 e. The van der Waals surface area contributed by atoms with Crippen LogP contribution in [0.1, 0.15) is 24.8 Å². The molecule has 21 heavy (non-hydrogen) atoms. The van der Waals surface area contributed by atoms with Gasteiger partial charge in [0.1, 0.15) is 0 Å². The highest BCUT2D eigenvalue weighted by molar-refractivity contribution is 5.62. The lowest BCUT2D eigenvalue weighted by molar-refractivity contribution is 0.298. The van der Waals surface area contributed by atoms with Crippen molar-refractivity contribution in [1.29, 1.82) is 0 Å². The van der Waals surface area contributed by atoms with Gasteiger partial charge in [-0.25, -0.2) is 0 Å². The number of hydrogen-bond donors (Lipinski definition) is 2. The zero-order chi connectivity index (χ0) is 14.1. The molecule has 1 aromatic carbocycles. The van der Waals surface area contributed by atoms with Crippen LogP contribution in [-0.4, -0.2) is 40.3 Å². The third kappa shape index (κ3) is 2.49. The first-order chi connectivity index (χ1) is 10.4. The van der Waals surface area contributed by atoms with E-state index in [0.717, 1.165) is 18.3 Å². The summed E-state index contributed by atoms with van der Waals surface area (Å²) in [6.07, 6.45) is 5.96. The molecule has 0 aliphatic carbocycles. The Morgan fingerprint density at radius 3 is 3.00 bits per heavy atom. The molecule has 2 N–H and O–H groups in total. The van der Waals surface area contributed by atoms with Gasteiger partial charge in [-0.05, 0) is 31.4 Å². The smallest absolute Gasteiger partial charge is 0.0695 e. The van der Waals surface area contributed by atoms with Crippen molar-refractivity contribution in [2.24, 2.45) is 0 Å². The third-order valence-corrected chi connectivity index (χ3v) is 4.94. The molecule has 2 aromatic rings. The molecule has 4 rings (SSSR count). The van der Waals surface area contributed by atoms with Crippen LogP contribution in [0.4, 0.5) is 0 Å². The molecule has 4 nitrogen and oxygen atoms in total. The van der Waals surface area contributed by atoms with E-state index in [-0.39, 0.29) is 0 Å². The van der Waals surface area contributed by atoms with Gasteiger partial charge in [-0.2, -0.15) is 5.10 Å². The molecular weight excluding hydrogens is 260 g/mol. The maximum atomic E-state index is 4.23. The molecule has 0 amide bonds. The zero-order valence-corrected chi connectivity index (χ0v) is 12.3. The second-order valence-corrected chi connectivity index (χ2v) is 6.16. The summed E-state index contributed by atoms with van der Waals surface area (Å²) >= 11 is 0. The Bertz CT molecular complexity index is 592. The number of benzene rings is 1. The van der Waals surface area contributed by atoms with E-state index in [2.05, 4.69) is 44.7 Å². The molecular formula is C17H22N4. The van der Waals surface area contributed by atoms with E-state index in [1.54, 1.807) is 0 Å². The first-order valence-corrected chi connectivity index (χ1v) is 7.97. The standard InChI is InChI=1S/C17H22N4/c1-2-5-13(6-3-1)17-14(12-19-20-17)11-18-15-8-10-21-9-4-7-16(15)21/h1-3,5-6,12,15-16,18H,4,7-11H2,(H,19,20). The van der Waals surface area contributed by atoms with Gasteiger partial charge in [-0.3, -0.25) is 10.00 Å². The summed E-state index contributed by atoms with van der Waals surface area (Å²) in [5.41, 5.74) is 3.61. The van der Waals surface area contributed by atoms with Gasteiger partial charge in [0, 0.05) is 30.7 Å². The Morgan fingerprint density at radius 2 is 2.10 bits per heavy atom. The lowest BCUT2D eigenvalue weighted by Crippen LogP contribution is -2.38. The number of nitrogens with one attached hydrogen (secondary N) is 2. The van der Waals surface area contributed by atoms with E-state index in [1.807, 2.05) is 12.3 Å². The van der Waals surface area contributed by atoms with Gasteiger partial charge in [0.15, 0.2) is 0 Å². The average molecular weight is 282 g/mol. The summed E-state index contributed by atoms with van der Waals surface area (Å²) in [5, 5.41) is 11.1. The van der Waals surface area contributed by atoms with E-state index in [1.165, 1.54) is 43.5 Å². The minimum Gasteiger partial charge on any atom is -0.308 e. The zero-order valence-electron chi connectivity index (χ0n) is 12.3. The van der Waals surface area contributed by atoms with Gasteiger partial charge in [0.2, 0.25) is 0 Å². The van der Waals surface area contributed by atoms with Crippen molar-refractivity contribution in [3.63, 3.8) is 0 Å². The highest BCUT2D eigenvalue weighted by Crippen LogP contribution is 2.28. The van der Waals surface area contributed by atoms with Gasteiger partial charge >= 0.3 is 0 Å². The molecule has 2 aliphatic heterocycles. The molecule has 0 radical (unpaired) electrons. The first kappa shape index (κ1) is 13.0. The fourth-order valence-electron chi connectivity index (χ4n) is 3.86. The van der Waals surface area contributed by atoms with E-state index >= 15 is 0 Å². The lowest BCUT2D eigenvalue weighted by Gasteiger charge is -2.21. The number of nitrogens with zero attached hydrogens (tertiary/aromatic N) is 2.